The number of benzene rings is 2. The highest BCUT2D eigenvalue weighted by molar-refractivity contribution is 7.52. The third kappa shape index (κ3) is 5.41. The van der Waals surface area contributed by atoms with Crippen LogP contribution in [0.25, 0.3) is 10.1 Å². The van der Waals surface area contributed by atoms with Crippen LogP contribution in [0.3, 0.4) is 0 Å². The van der Waals surface area contributed by atoms with Crippen LogP contribution in [-0.2, 0) is 19.8 Å². The molecule has 3 aliphatic rings. The van der Waals surface area contributed by atoms with Crippen molar-refractivity contribution >= 4 is 46.7 Å². The number of nitrogens with one attached hydrogen (secondary N) is 1. The van der Waals surface area contributed by atoms with Crippen LogP contribution in [0.1, 0.15) is 64.4 Å². The first-order valence-corrected chi connectivity index (χ1v) is 16.7. The van der Waals surface area contributed by atoms with Gasteiger partial charge >= 0.3 is 13.3 Å². The average Bonchev–Trinajstić information content (AvgIpc) is 3.55. The van der Waals surface area contributed by atoms with Gasteiger partial charge in [-0.2, -0.15) is 14.0 Å². The van der Waals surface area contributed by atoms with E-state index >= 15 is 0 Å². The topological polar surface area (TPSA) is 151 Å². The molecule has 0 radical (unpaired) electrons. The summed E-state index contributed by atoms with van der Waals surface area (Å²) in [6.07, 6.45) is 3.02. The van der Waals surface area contributed by atoms with Crippen molar-refractivity contribution in [2.24, 2.45) is 0 Å². The second-order valence-electron chi connectivity index (χ2n) is 11.6. The van der Waals surface area contributed by atoms with Crippen molar-refractivity contribution in [1.29, 1.82) is 5.26 Å². The molecule has 230 valence electrons. The van der Waals surface area contributed by atoms with Gasteiger partial charge in [0.1, 0.15) is 12.1 Å². The quantitative estimate of drug-likeness (QED) is 0.340. The molecule has 0 unspecified atom stereocenters. The Kier molecular flexibility index (Phi) is 7.82. The zero-order valence-corrected chi connectivity index (χ0v) is 25.1. The minimum atomic E-state index is -5.75. The van der Waals surface area contributed by atoms with E-state index in [1.807, 2.05) is 18.2 Å². The Balaban J connectivity index is 1.14. The first-order chi connectivity index (χ1) is 20.9. The van der Waals surface area contributed by atoms with Gasteiger partial charge in [-0.05, 0) is 73.4 Å². The molecule has 3 aliphatic heterocycles. The summed E-state index contributed by atoms with van der Waals surface area (Å²) < 4.78 is 40.2. The van der Waals surface area contributed by atoms with E-state index in [1.165, 1.54) is 12.1 Å². The maximum absolute atomic E-state index is 14.2. The number of carbonyl (C=O) groups is 3. The SMILES string of the molecule is N#Cc1cccc(C2CN(C(=O)[C@@H]3CC[C@@H]4CCC[C@H](NC(=O)c5cc6cc(C(F)(F)P(=O)(O)O)ccc6s5)C(=O)N43)C2)c1. The molecule has 3 amide bonds. The summed E-state index contributed by atoms with van der Waals surface area (Å²) in [6, 6.07) is 12.4. The maximum atomic E-state index is 14.2. The van der Waals surface area contributed by atoms with Crippen LogP contribution in [0.15, 0.2) is 48.5 Å². The summed E-state index contributed by atoms with van der Waals surface area (Å²) in [5.41, 5.74) is -3.67. The summed E-state index contributed by atoms with van der Waals surface area (Å²) in [5, 5.41) is 12.2. The zero-order chi connectivity index (χ0) is 31.4. The Morgan fingerprint density at radius 1 is 1.07 bits per heavy atom. The number of hydrogen-bond donors (Lipinski definition) is 3. The summed E-state index contributed by atoms with van der Waals surface area (Å²) in [7, 11) is -5.75. The molecular weight excluding hydrogens is 613 g/mol. The number of rotatable bonds is 6. The number of thiophene rings is 1. The van der Waals surface area contributed by atoms with Crippen molar-refractivity contribution in [1.82, 2.24) is 15.1 Å². The molecule has 0 bridgehead atoms. The highest BCUT2D eigenvalue weighted by atomic mass is 32.1. The van der Waals surface area contributed by atoms with Gasteiger partial charge in [-0.15, -0.1) is 11.3 Å². The van der Waals surface area contributed by atoms with Crippen LogP contribution < -0.4 is 5.32 Å². The number of carbonyl (C=O) groups excluding carboxylic acids is 3. The molecule has 3 fully saturated rings. The fourth-order valence-corrected chi connectivity index (χ4v) is 7.84. The normalized spacial score (nSPS) is 22.7. The number of amides is 3. The number of halogens is 2. The summed E-state index contributed by atoms with van der Waals surface area (Å²) in [6.45, 7) is 1.01. The molecule has 2 aromatic carbocycles. The highest BCUT2D eigenvalue weighted by Gasteiger charge is 2.50. The molecule has 0 saturated carbocycles. The molecular formula is C30H29F2N4O6PS. The molecule has 14 heteroatoms. The highest BCUT2D eigenvalue weighted by Crippen LogP contribution is 2.59. The maximum Gasteiger partial charge on any atom is 0.399 e. The molecule has 10 nitrogen and oxygen atoms in total. The van der Waals surface area contributed by atoms with Crippen LogP contribution in [-0.4, -0.2) is 68.5 Å². The summed E-state index contributed by atoms with van der Waals surface area (Å²) >= 11 is 1.01. The number of fused-ring (bicyclic) bond motifs is 2. The lowest BCUT2D eigenvalue weighted by atomic mass is 9.90. The van der Waals surface area contributed by atoms with Gasteiger partial charge in [0.05, 0.1) is 16.5 Å². The van der Waals surface area contributed by atoms with Crippen LogP contribution in [0.2, 0.25) is 0 Å². The second-order valence-corrected chi connectivity index (χ2v) is 14.3. The monoisotopic (exact) mass is 642 g/mol. The van der Waals surface area contributed by atoms with Crippen molar-refractivity contribution in [3.63, 3.8) is 0 Å². The van der Waals surface area contributed by atoms with Crippen LogP contribution >= 0.6 is 18.9 Å². The van der Waals surface area contributed by atoms with Gasteiger partial charge in [0, 0.05) is 35.3 Å². The van der Waals surface area contributed by atoms with E-state index in [4.69, 9.17) is 9.79 Å². The minimum absolute atomic E-state index is 0.0961. The van der Waals surface area contributed by atoms with Gasteiger partial charge in [0.25, 0.3) is 5.91 Å². The van der Waals surface area contributed by atoms with Gasteiger partial charge in [0.15, 0.2) is 0 Å². The van der Waals surface area contributed by atoms with Crippen molar-refractivity contribution in [3.8, 4) is 6.07 Å². The molecule has 1 aromatic heterocycles. The number of likely N-dealkylation sites (tertiary alicyclic amines) is 1. The van der Waals surface area contributed by atoms with E-state index in [0.717, 1.165) is 29.0 Å². The Morgan fingerprint density at radius 3 is 2.57 bits per heavy atom. The van der Waals surface area contributed by atoms with Crippen LogP contribution in [0, 0.1) is 11.3 Å². The van der Waals surface area contributed by atoms with Crippen LogP contribution in [0.5, 0.6) is 0 Å². The van der Waals surface area contributed by atoms with Gasteiger partial charge in [-0.25, -0.2) is 0 Å². The standard InChI is InChI=1S/C30H29F2N4O6PS/c31-30(32,43(40,41)42)21-7-10-25-19(12-21)13-26(44-25)27(37)34-23-6-2-5-22-8-9-24(36(22)28(23)38)29(39)35-15-20(16-35)18-4-1-3-17(11-18)14-33/h1,3-4,7,10-13,20,22-24H,2,5-6,8-9,15-16H2,(H,34,37)(H2,40,41,42)/t22-,23-,24-/m0/s1. The fraction of sp³-hybridized carbons (Fsp3) is 0.400. The molecule has 3 N–H and O–H groups in total. The third-order valence-corrected chi connectivity index (χ3v) is 10.9. The molecule has 4 heterocycles. The third-order valence-electron chi connectivity index (χ3n) is 8.81. The Bertz CT molecular complexity index is 1750. The molecule has 3 saturated heterocycles. The Hall–Kier alpha value is -3.69. The lowest BCUT2D eigenvalue weighted by molar-refractivity contribution is -0.148. The van der Waals surface area contributed by atoms with Gasteiger partial charge in [-0.3, -0.25) is 18.9 Å². The molecule has 0 spiro atoms. The number of alkyl halides is 2. The molecule has 0 aliphatic carbocycles. The minimum Gasteiger partial charge on any atom is -0.340 e. The predicted octanol–water partition coefficient (Wildman–Crippen LogP) is 4.27. The van der Waals surface area contributed by atoms with Gasteiger partial charge in [-0.1, -0.05) is 18.2 Å². The number of hydrogen-bond acceptors (Lipinski definition) is 6. The average molecular weight is 643 g/mol. The van der Waals surface area contributed by atoms with E-state index in [0.29, 0.717) is 55.5 Å². The van der Waals surface area contributed by atoms with E-state index in [9.17, 15) is 33.0 Å². The molecule has 6 rings (SSSR count). The van der Waals surface area contributed by atoms with Crippen molar-refractivity contribution in [2.45, 2.75) is 61.8 Å². The van der Waals surface area contributed by atoms with Crippen molar-refractivity contribution in [3.05, 3.63) is 70.1 Å². The zero-order valence-electron chi connectivity index (χ0n) is 23.4. The predicted molar refractivity (Wildman–Crippen MR) is 157 cm³/mol. The lowest BCUT2D eigenvalue weighted by Gasteiger charge is -2.42. The van der Waals surface area contributed by atoms with E-state index in [2.05, 4.69) is 11.4 Å². The molecule has 3 aromatic rings. The number of nitriles is 1. The summed E-state index contributed by atoms with van der Waals surface area (Å²) in [5.74, 6) is -0.886. The largest absolute Gasteiger partial charge is 0.399 e. The Morgan fingerprint density at radius 2 is 1.84 bits per heavy atom. The molecule has 44 heavy (non-hydrogen) atoms. The van der Waals surface area contributed by atoms with Crippen LogP contribution in [0.4, 0.5) is 8.78 Å². The lowest BCUT2D eigenvalue weighted by Crippen LogP contribution is -2.58. The molecule has 3 atom stereocenters. The second kappa shape index (κ2) is 11.3. The smallest absolute Gasteiger partial charge is 0.340 e. The van der Waals surface area contributed by atoms with Crippen molar-refractivity contribution < 1.29 is 37.5 Å². The Labute approximate surface area is 255 Å². The number of nitrogens with zero attached hydrogens (tertiary/aromatic N) is 3. The first-order valence-electron chi connectivity index (χ1n) is 14.3. The first kappa shape index (κ1) is 30.3. The summed E-state index contributed by atoms with van der Waals surface area (Å²) in [4.78, 5) is 62.2. The van der Waals surface area contributed by atoms with E-state index in [-0.39, 0.29) is 34.0 Å². The van der Waals surface area contributed by atoms with E-state index in [1.54, 1.807) is 15.9 Å². The van der Waals surface area contributed by atoms with Gasteiger partial charge < -0.3 is 24.9 Å². The fourth-order valence-electron chi connectivity index (χ4n) is 6.42. The van der Waals surface area contributed by atoms with E-state index < -0.39 is 36.8 Å². The van der Waals surface area contributed by atoms with Gasteiger partial charge in [0.2, 0.25) is 11.8 Å². The van der Waals surface area contributed by atoms with Crippen molar-refractivity contribution in [2.75, 3.05) is 13.1 Å².